The third-order valence-corrected chi connectivity index (χ3v) is 5.15. The van der Waals surface area contributed by atoms with Gasteiger partial charge in [-0.15, -0.1) is 0 Å². The van der Waals surface area contributed by atoms with E-state index >= 15 is 0 Å². The van der Waals surface area contributed by atoms with E-state index in [1.807, 2.05) is 0 Å². The maximum absolute atomic E-state index is 11.8. The molecule has 11 N–H and O–H groups in total. The first-order valence-electron chi connectivity index (χ1n) is 8.88. The Morgan fingerprint density at radius 1 is 0.933 bits per heavy atom. The lowest BCUT2D eigenvalue weighted by molar-refractivity contribution is -0.517. The van der Waals surface area contributed by atoms with Crippen LogP contribution in [0.25, 0.3) is 0 Å². The van der Waals surface area contributed by atoms with Gasteiger partial charge in [0.05, 0.1) is 13.2 Å². The molecule has 11 unspecified atom stereocenters. The van der Waals surface area contributed by atoms with Gasteiger partial charge in [0.1, 0.15) is 42.7 Å². The number of ether oxygens (including phenoxy) is 3. The van der Waals surface area contributed by atoms with Crippen molar-refractivity contribution in [2.45, 2.75) is 66.6 Å². The fourth-order valence-electron chi connectivity index (χ4n) is 3.48. The Hall–Kier alpha value is -1.05. The molecule has 0 aliphatic carbocycles. The molecule has 0 saturated carbocycles. The average molecular weight is 445 g/mol. The number of likely N-dealkylation sites (N-methyl/N-ethyl adjacent to an activating group) is 1. The number of aliphatic hydroxyl groups is 9. The van der Waals surface area contributed by atoms with E-state index in [4.69, 9.17) is 14.2 Å². The highest BCUT2D eigenvalue weighted by Gasteiger charge is 2.66. The summed E-state index contributed by atoms with van der Waals surface area (Å²) in [6.45, 7) is -1.98. The highest BCUT2D eigenvalue weighted by Crippen LogP contribution is 2.40. The van der Waals surface area contributed by atoms with Crippen molar-refractivity contribution in [2.75, 3.05) is 20.3 Å². The van der Waals surface area contributed by atoms with Gasteiger partial charge in [0.2, 0.25) is 5.79 Å². The largest absolute Gasteiger partial charge is 0.480 e. The fourth-order valence-corrected chi connectivity index (χ4v) is 3.48. The molecule has 2 saturated heterocycles. The Morgan fingerprint density at radius 2 is 1.40 bits per heavy atom. The van der Waals surface area contributed by atoms with E-state index in [2.05, 4.69) is 5.32 Å². The quantitative estimate of drug-likeness (QED) is 0.163. The molecule has 2 aliphatic heterocycles. The summed E-state index contributed by atoms with van der Waals surface area (Å²) in [4.78, 5) is 11.8. The van der Waals surface area contributed by atoms with Crippen molar-refractivity contribution in [1.29, 1.82) is 0 Å². The Bertz CT molecular complexity index is 606. The molecule has 0 aromatic heterocycles. The van der Waals surface area contributed by atoms with Crippen molar-refractivity contribution in [3.05, 3.63) is 0 Å². The van der Waals surface area contributed by atoms with Gasteiger partial charge in [-0.3, -0.25) is 9.53 Å². The molecule has 11 atom stereocenters. The molecule has 2 rings (SSSR count). The van der Waals surface area contributed by atoms with Gasteiger partial charge in [-0.1, -0.05) is 0 Å². The number of carboxylic acid groups (broad SMARTS) is 1. The summed E-state index contributed by atoms with van der Waals surface area (Å²) < 4.78 is 15.3. The molecular weight excluding hydrogens is 418 g/mol. The van der Waals surface area contributed by atoms with Crippen molar-refractivity contribution in [2.24, 2.45) is 0 Å². The molecule has 15 nitrogen and oxygen atoms in total. The van der Waals surface area contributed by atoms with Gasteiger partial charge in [0, 0.05) is 0 Å². The van der Waals surface area contributed by atoms with E-state index in [0.717, 1.165) is 7.05 Å². The first-order valence-corrected chi connectivity index (χ1v) is 8.88. The zero-order chi connectivity index (χ0) is 23.0. The summed E-state index contributed by atoms with van der Waals surface area (Å²) in [7, 11) is 1.07. The van der Waals surface area contributed by atoms with Crippen molar-refractivity contribution >= 4 is 5.97 Å². The highest BCUT2D eigenvalue weighted by molar-refractivity contribution is 5.75. The maximum atomic E-state index is 11.8. The van der Waals surface area contributed by atoms with Crippen LogP contribution in [0.1, 0.15) is 0 Å². The van der Waals surface area contributed by atoms with E-state index in [9.17, 15) is 55.9 Å². The molecule has 15 heteroatoms. The second kappa shape index (κ2) is 9.21. The van der Waals surface area contributed by atoms with Gasteiger partial charge in [-0.05, 0) is 7.05 Å². The minimum atomic E-state index is -3.39. The second-order valence-electron chi connectivity index (χ2n) is 7.04. The van der Waals surface area contributed by atoms with Crippen LogP contribution in [0.15, 0.2) is 0 Å². The average Bonchev–Trinajstić information content (AvgIpc) is 2.70. The number of hydrogen-bond acceptors (Lipinski definition) is 14. The van der Waals surface area contributed by atoms with Crippen LogP contribution >= 0.6 is 0 Å². The smallest absolute Gasteiger partial charge is 0.326 e. The number of carbonyl (C=O) groups is 1. The molecule has 0 radical (unpaired) electrons. The minimum Gasteiger partial charge on any atom is -0.480 e. The Balaban J connectivity index is 2.56. The number of rotatable bonds is 7. The predicted octanol–water partition coefficient (Wildman–Crippen LogP) is -7.03. The number of nitrogens with one attached hydrogen (secondary N) is 1. The number of aliphatic carboxylic acids is 1. The summed E-state index contributed by atoms with van der Waals surface area (Å²) in [5, 5.41) is 102. The number of aliphatic hydroxyl groups excluding tert-OH is 8. The molecule has 2 heterocycles. The van der Waals surface area contributed by atoms with Crippen LogP contribution < -0.4 is 5.32 Å². The first kappa shape index (κ1) is 25.2. The van der Waals surface area contributed by atoms with E-state index in [1.165, 1.54) is 0 Å². The highest BCUT2D eigenvalue weighted by atomic mass is 16.9. The SMILES string of the molecule is CNC(C(=O)O)C1(OC2(O)OC(CO)C(O)C(O)C2O)OC(CO)C(O)C(O)C1O. The lowest BCUT2D eigenvalue weighted by Gasteiger charge is -2.54. The van der Waals surface area contributed by atoms with E-state index < -0.39 is 85.8 Å². The molecule has 0 aromatic rings. The summed E-state index contributed by atoms with van der Waals surface area (Å²) in [6, 6.07) is -2.11. The minimum absolute atomic E-state index is 0.984. The van der Waals surface area contributed by atoms with E-state index in [1.54, 1.807) is 0 Å². The molecule has 0 spiro atoms. The van der Waals surface area contributed by atoms with Crippen LogP contribution in [0.2, 0.25) is 0 Å². The van der Waals surface area contributed by atoms with Crippen LogP contribution in [0.4, 0.5) is 0 Å². The molecule has 176 valence electrons. The van der Waals surface area contributed by atoms with Crippen molar-refractivity contribution in [1.82, 2.24) is 5.32 Å². The number of hydrogen-bond donors (Lipinski definition) is 11. The fraction of sp³-hybridized carbons (Fsp3) is 0.933. The van der Waals surface area contributed by atoms with Gasteiger partial charge in [-0.2, -0.15) is 0 Å². The van der Waals surface area contributed by atoms with E-state index in [-0.39, 0.29) is 0 Å². The van der Waals surface area contributed by atoms with Gasteiger partial charge in [0.25, 0.3) is 0 Å². The summed E-state index contributed by atoms with van der Waals surface area (Å²) in [5.41, 5.74) is 0. The van der Waals surface area contributed by atoms with Crippen LogP contribution in [0.3, 0.4) is 0 Å². The van der Waals surface area contributed by atoms with Gasteiger partial charge < -0.3 is 65.9 Å². The lowest BCUT2D eigenvalue weighted by atomic mass is 9.87. The Morgan fingerprint density at radius 3 is 1.83 bits per heavy atom. The molecule has 0 aromatic carbocycles. The van der Waals surface area contributed by atoms with Crippen LogP contribution in [-0.4, -0.2) is 144 Å². The Kier molecular flexibility index (Phi) is 7.74. The zero-order valence-electron chi connectivity index (χ0n) is 15.7. The topological polar surface area (TPSA) is 259 Å². The first-order chi connectivity index (χ1) is 13.9. The summed E-state index contributed by atoms with van der Waals surface area (Å²) in [6.07, 6.45) is -16.5. The van der Waals surface area contributed by atoms with Crippen molar-refractivity contribution in [3.8, 4) is 0 Å². The van der Waals surface area contributed by atoms with E-state index in [0.29, 0.717) is 0 Å². The maximum Gasteiger partial charge on any atom is 0.326 e. The van der Waals surface area contributed by atoms with Crippen LogP contribution in [0, 0.1) is 0 Å². The second-order valence-corrected chi connectivity index (χ2v) is 7.04. The van der Waals surface area contributed by atoms with Crippen molar-refractivity contribution < 1.29 is 70.1 Å². The molecule has 30 heavy (non-hydrogen) atoms. The van der Waals surface area contributed by atoms with Crippen molar-refractivity contribution in [3.63, 3.8) is 0 Å². The Labute approximate surface area is 169 Å². The number of carboxylic acids is 1. The third kappa shape index (κ3) is 4.05. The lowest BCUT2D eigenvalue weighted by Crippen LogP contribution is -2.78. The predicted molar refractivity (Wildman–Crippen MR) is 89.2 cm³/mol. The third-order valence-electron chi connectivity index (χ3n) is 5.15. The molecule has 0 bridgehead atoms. The normalized spacial score (nSPS) is 48.3. The molecule has 0 amide bonds. The van der Waals surface area contributed by atoms with Crippen LogP contribution in [0.5, 0.6) is 0 Å². The van der Waals surface area contributed by atoms with Gasteiger partial charge >= 0.3 is 11.9 Å². The molecule has 2 fully saturated rings. The van der Waals surface area contributed by atoms with Gasteiger partial charge in [0.15, 0.2) is 12.1 Å². The standard InChI is InChI=1S/C15H27NO14/c1-16-10(13(25)26)14(11(23)8(21)6(19)4(2-17)28-14)30-15(27)12(24)9(22)7(20)5(3-18)29-15/h4-12,16-24,27H,2-3H2,1H3,(H,25,26). The molecular formula is C15H27NO14. The summed E-state index contributed by atoms with van der Waals surface area (Å²) in [5.74, 6) is -8.17. The molecule has 2 aliphatic rings. The van der Waals surface area contributed by atoms with Gasteiger partial charge in [-0.25, -0.2) is 0 Å². The zero-order valence-corrected chi connectivity index (χ0v) is 15.7. The monoisotopic (exact) mass is 445 g/mol. The summed E-state index contributed by atoms with van der Waals surface area (Å²) >= 11 is 0. The van der Waals surface area contributed by atoms with Crippen LogP contribution in [-0.2, 0) is 19.0 Å².